The van der Waals surface area contributed by atoms with E-state index in [9.17, 15) is 18.9 Å². The molecule has 7 heteroatoms. The number of hydrogen-bond donors (Lipinski definition) is 0. The lowest BCUT2D eigenvalue weighted by atomic mass is 10.1. The fraction of sp³-hybridized carbons (Fsp3) is 0.0714. The average Bonchev–Trinajstić information content (AvgIpc) is 2.47. The van der Waals surface area contributed by atoms with Gasteiger partial charge in [0.25, 0.3) is 0 Å². The molecule has 2 rings (SSSR count). The SMILES string of the molecule is N#Cc1cc(COc2c(F)cccc2[N+](=O)[O-])ccc1F. The number of nitro benzene ring substituents is 1. The van der Waals surface area contributed by atoms with E-state index >= 15 is 0 Å². The Balaban J connectivity index is 2.25. The third-order valence-corrected chi connectivity index (χ3v) is 2.68. The van der Waals surface area contributed by atoms with Gasteiger partial charge in [-0.05, 0) is 23.8 Å². The number of nitrogens with zero attached hydrogens (tertiary/aromatic N) is 2. The van der Waals surface area contributed by atoms with Gasteiger partial charge in [-0.1, -0.05) is 12.1 Å². The van der Waals surface area contributed by atoms with Gasteiger partial charge in [0, 0.05) is 6.07 Å². The Labute approximate surface area is 118 Å². The first-order valence-corrected chi connectivity index (χ1v) is 5.77. The first-order chi connectivity index (χ1) is 10.0. The standard InChI is InChI=1S/C14H8F2N2O3/c15-11-5-4-9(6-10(11)7-17)8-21-14-12(16)2-1-3-13(14)18(19)20/h1-6H,8H2. The molecule has 0 aliphatic rings. The molecule has 0 aromatic heterocycles. The summed E-state index contributed by atoms with van der Waals surface area (Å²) in [6.45, 7) is -0.225. The van der Waals surface area contributed by atoms with Crippen LogP contribution in [0.15, 0.2) is 36.4 Å². The van der Waals surface area contributed by atoms with E-state index in [0.29, 0.717) is 5.56 Å². The van der Waals surface area contributed by atoms with Gasteiger partial charge in [0.15, 0.2) is 5.82 Å². The van der Waals surface area contributed by atoms with Crippen LogP contribution in [0.25, 0.3) is 0 Å². The molecule has 0 spiro atoms. The predicted molar refractivity (Wildman–Crippen MR) is 68.5 cm³/mol. The van der Waals surface area contributed by atoms with Gasteiger partial charge in [-0.2, -0.15) is 5.26 Å². The number of benzene rings is 2. The molecule has 21 heavy (non-hydrogen) atoms. The van der Waals surface area contributed by atoms with Crippen molar-refractivity contribution in [3.63, 3.8) is 0 Å². The first-order valence-electron chi connectivity index (χ1n) is 5.77. The van der Waals surface area contributed by atoms with Gasteiger partial charge in [0.2, 0.25) is 5.75 Å². The van der Waals surface area contributed by atoms with E-state index < -0.39 is 28.0 Å². The third-order valence-electron chi connectivity index (χ3n) is 2.68. The lowest BCUT2D eigenvalue weighted by Crippen LogP contribution is -2.02. The molecule has 0 fully saturated rings. The number of hydrogen-bond acceptors (Lipinski definition) is 4. The Bertz CT molecular complexity index is 741. The number of rotatable bonds is 4. The summed E-state index contributed by atoms with van der Waals surface area (Å²) in [5.74, 6) is -2.05. The van der Waals surface area contributed by atoms with Crippen LogP contribution in [0.3, 0.4) is 0 Å². The number of halogens is 2. The molecular formula is C14H8F2N2O3. The fourth-order valence-electron chi connectivity index (χ4n) is 1.69. The number of ether oxygens (including phenoxy) is 1. The maximum absolute atomic E-state index is 13.6. The van der Waals surface area contributed by atoms with Crippen LogP contribution in [0.2, 0.25) is 0 Å². The maximum Gasteiger partial charge on any atom is 0.314 e. The van der Waals surface area contributed by atoms with Gasteiger partial charge in [0.1, 0.15) is 18.5 Å². The maximum atomic E-state index is 13.6. The summed E-state index contributed by atoms with van der Waals surface area (Å²) >= 11 is 0. The lowest BCUT2D eigenvalue weighted by molar-refractivity contribution is -0.386. The van der Waals surface area contributed by atoms with Crippen molar-refractivity contribution in [2.24, 2.45) is 0 Å². The second-order valence-corrected chi connectivity index (χ2v) is 4.06. The Morgan fingerprint density at radius 1 is 1.24 bits per heavy atom. The molecule has 0 atom stereocenters. The molecule has 106 valence electrons. The largest absolute Gasteiger partial charge is 0.480 e. The average molecular weight is 290 g/mol. The molecular weight excluding hydrogens is 282 g/mol. The van der Waals surface area contributed by atoms with Gasteiger partial charge in [-0.25, -0.2) is 8.78 Å². The number of nitriles is 1. The minimum Gasteiger partial charge on any atom is -0.480 e. The van der Waals surface area contributed by atoms with Crippen molar-refractivity contribution < 1.29 is 18.4 Å². The van der Waals surface area contributed by atoms with E-state index in [2.05, 4.69) is 0 Å². The topological polar surface area (TPSA) is 76.2 Å². The molecule has 0 aliphatic carbocycles. The summed E-state index contributed by atoms with van der Waals surface area (Å²) in [5, 5.41) is 19.5. The Morgan fingerprint density at radius 2 is 2.00 bits per heavy atom. The van der Waals surface area contributed by atoms with Crippen LogP contribution in [0.4, 0.5) is 14.5 Å². The summed E-state index contributed by atoms with van der Waals surface area (Å²) < 4.78 is 31.8. The van der Waals surface area contributed by atoms with Crippen molar-refractivity contribution in [1.29, 1.82) is 5.26 Å². The van der Waals surface area contributed by atoms with Gasteiger partial charge in [-0.3, -0.25) is 10.1 Å². The zero-order valence-electron chi connectivity index (χ0n) is 10.5. The van der Waals surface area contributed by atoms with Crippen LogP contribution in [0.1, 0.15) is 11.1 Å². The zero-order chi connectivity index (χ0) is 15.4. The van der Waals surface area contributed by atoms with Gasteiger partial charge >= 0.3 is 5.69 Å². The molecule has 0 heterocycles. The second kappa shape index (κ2) is 5.96. The van der Waals surface area contributed by atoms with E-state index in [-0.39, 0.29) is 12.2 Å². The van der Waals surface area contributed by atoms with Gasteiger partial charge in [-0.15, -0.1) is 0 Å². The molecule has 0 bridgehead atoms. The highest BCUT2D eigenvalue weighted by atomic mass is 19.1. The predicted octanol–water partition coefficient (Wildman–Crippen LogP) is 3.32. The van der Waals surface area contributed by atoms with E-state index in [1.807, 2.05) is 0 Å². The highest BCUT2D eigenvalue weighted by molar-refractivity contribution is 5.47. The van der Waals surface area contributed by atoms with Crippen LogP contribution in [-0.4, -0.2) is 4.92 Å². The molecule has 0 saturated carbocycles. The monoisotopic (exact) mass is 290 g/mol. The normalized spacial score (nSPS) is 9.95. The summed E-state index contributed by atoms with van der Waals surface area (Å²) in [6.07, 6.45) is 0. The van der Waals surface area contributed by atoms with Crippen LogP contribution < -0.4 is 4.74 Å². The van der Waals surface area contributed by atoms with Crippen molar-refractivity contribution in [1.82, 2.24) is 0 Å². The lowest BCUT2D eigenvalue weighted by Gasteiger charge is -2.08. The Morgan fingerprint density at radius 3 is 2.67 bits per heavy atom. The molecule has 0 aliphatic heterocycles. The van der Waals surface area contributed by atoms with E-state index in [4.69, 9.17) is 10.00 Å². The highest BCUT2D eigenvalue weighted by Gasteiger charge is 2.19. The number of nitro groups is 1. The van der Waals surface area contributed by atoms with E-state index in [1.54, 1.807) is 6.07 Å². The molecule has 0 saturated heterocycles. The van der Waals surface area contributed by atoms with Crippen molar-refractivity contribution >= 4 is 5.69 Å². The van der Waals surface area contributed by atoms with Crippen molar-refractivity contribution in [2.45, 2.75) is 6.61 Å². The fourth-order valence-corrected chi connectivity index (χ4v) is 1.69. The molecule has 0 unspecified atom stereocenters. The molecule has 5 nitrogen and oxygen atoms in total. The Hall–Kier alpha value is -3.01. The van der Waals surface area contributed by atoms with Crippen LogP contribution in [-0.2, 0) is 6.61 Å². The van der Waals surface area contributed by atoms with E-state index in [1.165, 1.54) is 18.2 Å². The molecule has 0 radical (unpaired) electrons. The first kappa shape index (κ1) is 14.4. The summed E-state index contributed by atoms with van der Waals surface area (Å²) in [5.41, 5.74) is -0.290. The highest BCUT2D eigenvalue weighted by Crippen LogP contribution is 2.30. The number of para-hydroxylation sites is 1. The van der Waals surface area contributed by atoms with Crippen LogP contribution in [0, 0.1) is 33.1 Å². The van der Waals surface area contributed by atoms with Crippen molar-refractivity contribution in [3.05, 3.63) is 69.3 Å². The molecule has 2 aromatic rings. The van der Waals surface area contributed by atoms with E-state index in [0.717, 1.165) is 18.2 Å². The van der Waals surface area contributed by atoms with Crippen molar-refractivity contribution in [2.75, 3.05) is 0 Å². The summed E-state index contributed by atoms with van der Waals surface area (Å²) in [7, 11) is 0. The summed E-state index contributed by atoms with van der Waals surface area (Å²) in [4.78, 5) is 10.0. The quantitative estimate of drug-likeness (QED) is 0.639. The third kappa shape index (κ3) is 3.12. The van der Waals surface area contributed by atoms with Crippen LogP contribution in [0.5, 0.6) is 5.75 Å². The van der Waals surface area contributed by atoms with Gasteiger partial charge < -0.3 is 4.74 Å². The second-order valence-electron chi connectivity index (χ2n) is 4.06. The minimum absolute atomic E-state index is 0.181. The van der Waals surface area contributed by atoms with Crippen LogP contribution >= 0.6 is 0 Å². The Kier molecular flexibility index (Phi) is 4.09. The zero-order valence-corrected chi connectivity index (χ0v) is 10.5. The smallest absolute Gasteiger partial charge is 0.314 e. The minimum atomic E-state index is -0.869. The molecule has 0 amide bonds. The summed E-state index contributed by atoms with van der Waals surface area (Å²) in [6, 6.07) is 8.68. The van der Waals surface area contributed by atoms with Gasteiger partial charge in [0.05, 0.1) is 10.5 Å². The molecule has 0 N–H and O–H groups in total. The molecule has 2 aromatic carbocycles. The van der Waals surface area contributed by atoms with Crippen molar-refractivity contribution in [3.8, 4) is 11.8 Å².